The molecular weight excluding hydrogens is 278 g/mol. The second-order valence-electron chi connectivity index (χ2n) is 4.13. The molecule has 0 spiro atoms. The van der Waals surface area contributed by atoms with Gasteiger partial charge in [0.25, 0.3) is 0 Å². The molecule has 0 atom stereocenters. The van der Waals surface area contributed by atoms with Crippen molar-refractivity contribution in [2.24, 2.45) is 5.16 Å². The molecule has 0 aliphatic rings. The van der Waals surface area contributed by atoms with Gasteiger partial charge in [-0.25, -0.2) is 0 Å². The summed E-state index contributed by atoms with van der Waals surface area (Å²) < 4.78 is 29.4. The zero-order valence-corrected chi connectivity index (χ0v) is 11.5. The lowest BCUT2D eigenvalue weighted by Crippen LogP contribution is -2.10. The van der Waals surface area contributed by atoms with Crippen molar-refractivity contribution in [3.8, 4) is 5.75 Å². The predicted molar refractivity (Wildman–Crippen MR) is 74.8 cm³/mol. The number of oxime groups is 1. The Morgan fingerprint density at radius 2 is 1.75 bits per heavy atom. The fourth-order valence-corrected chi connectivity index (χ4v) is 2.55. The number of hydrogen-bond donors (Lipinski definition) is 1. The number of benzene rings is 2. The van der Waals surface area contributed by atoms with E-state index in [9.17, 15) is 8.42 Å². The van der Waals surface area contributed by atoms with Crippen LogP contribution >= 0.6 is 0 Å². The van der Waals surface area contributed by atoms with Crippen molar-refractivity contribution in [2.45, 2.75) is 11.8 Å². The Morgan fingerprint density at radius 3 is 2.40 bits per heavy atom. The Kier molecular flexibility index (Phi) is 4.05. The van der Waals surface area contributed by atoms with E-state index in [0.29, 0.717) is 5.56 Å². The molecule has 0 bridgehead atoms. The van der Waals surface area contributed by atoms with Crippen LogP contribution in [0.5, 0.6) is 5.75 Å². The summed E-state index contributed by atoms with van der Waals surface area (Å²) in [5.41, 5.74) is 1.32. The van der Waals surface area contributed by atoms with Gasteiger partial charge in [-0.15, -0.1) is 0 Å². The van der Waals surface area contributed by atoms with Gasteiger partial charge in [-0.1, -0.05) is 35.0 Å². The number of para-hydroxylation sites is 1. The Bertz CT molecular complexity index is 721. The maximum absolute atomic E-state index is 12.1. The van der Waals surface area contributed by atoms with E-state index in [-0.39, 0.29) is 10.6 Å². The molecule has 0 saturated heterocycles. The molecule has 2 rings (SSSR count). The van der Waals surface area contributed by atoms with Crippen molar-refractivity contribution in [1.82, 2.24) is 0 Å². The van der Waals surface area contributed by atoms with Crippen molar-refractivity contribution < 1.29 is 17.8 Å². The van der Waals surface area contributed by atoms with Gasteiger partial charge in [0.2, 0.25) is 0 Å². The van der Waals surface area contributed by atoms with E-state index in [0.717, 1.165) is 11.8 Å². The highest BCUT2D eigenvalue weighted by atomic mass is 32.2. The molecule has 0 unspecified atom stereocenters. The van der Waals surface area contributed by atoms with Crippen molar-refractivity contribution in [3.05, 3.63) is 59.7 Å². The Morgan fingerprint density at radius 1 is 1.10 bits per heavy atom. The first kappa shape index (κ1) is 14.1. The first-order chi connectivity index (χ1) is 9.53. The molecule has 0 saturated carbocycles. The van der Waals surface area contributed by atoms with Gasteiger partial charge in [-0.2, -0.15) is 8.42 Å². The Balaban J connectivity index is 2.36. The zero-order chi connectivity index (χ0) is 14.6. The van der Waals surface area contributed by atoms with Crippen molar-refractivity contribution in [2.75, 3.05) is 0 Å². The van der Waals surface area contributed by atoms with Crippen LogP contribution in [0.1, 0.15) is 11.1 Å². The standard InChI is InChI=1S/C14H13NO4S/c1-11-6-8-13(9-7-11)20(17,18)19-14-5-3-2-4-12(14)10-15-16/h2-10,16H,1H3. The summed E-state index contributed by atoms with van der Waals surface area (Å²) in [7, 11) is -3.91. The lowest BCUT2D eigenvalue weighted by molar-refractivity contribution is 0.321. The van der Waals surface area contributed by atoms with E-state index < -0.39 is 10.1 Å². The highest BCUT2D eigenvalue weighted by Crippen LogP contribution is 2.22. The molecule has 1 N–H and O–H groups in total. The van der Waals surface area contributed by atoms with Crippen LogP contribution in [0.25, 0.3) is 0 Å². The average Bonchev–Trinajstić information content (AvgIpc) is 2.41. The van der Waals surface area contributed by atoms with Gasteiger partial charge < -0.3 is 9.39 Å². The molecule has 104 valence electrons. The lowest BCUT2D eigenvalue weighted by atomic mass is 10.2. The predicted octanol–water partition coefficient (Wildman–Crippen LogP) is 2.57. The van der Waals surface area contributed by atoms with Gasteiger partial charge in [-0.3, -0.25) is 0 Å². The van der Waals surface area contributed by atoms with Crippen LogP contribution in [-0.4, -0.2) is 19.8 Å². The second-order valence-corrected chi connectivity index (χ2v) is 5.68. The summed E-state index contributed by atoms with van der Waals surface area (Å²) in [6.45, 7) is 1.87. The van der Waals surface area contributed by atoms with Gasteiger partial charge in [0, 0.05) is 5.56 Å². The van der Waals surface area contributed by atoms with E-state index in [2.05, 4.69) is 5.16 Å². The average molecular weight is 291 g/mol. The fraction of sp³-hybridized carbons (Fsp3) is 0.0714. The van der Waals surface area contributed by atoms with Crippen molar-refractivity contribution >= 4 is 16.3 Å². The minimum Gasteiger partial charge on any atom is -0.411 e. The third kappa shape index (κ3) is 3.16. The van der Waals surface area contributed by atoms with E-state index in [4.69, 9.17) is 9.39 Å². The molecule has 0 aliphatic heterocycles. The molecule has 6 heteroatoms. The number of aryl methyl sites for hydroxylation is 1. The normalized spacial score (nSPS) is 11.7. The molecule has 20 heavy (non-hydrogen) atoms. The Hall–Kier alpha value is -2.34. The summed E-state index contributed by atoms with van der Waals surface area (Å²) in [4.78, 5) is 0.0684. The summed E-state index contributed by atoms with van der Waals surface area (Å²) in [6.07, 6.45) is 1.11. The van der Waals surface area contributed by atoms with Crippen LogP contribution in [-0.2, 0) is 10.1 Å². The minimum absolute atomic E-state index is 0.0684. The molecule has 0 amide bonds. The van der Waals surface area contributed by atoms with Gasteiger partial charge in [0.05, 0.1) is 6.21 Å². The van der Waals surface area contributed by atoms with Crippen molar-refractivity contribution in [3.63, 3.8) is 0 Å². The van der Waals surface area contributed by atoms with E-state index >= 15 is 0 Å². The van der Waals surface area contributed by atoms with Gasteiger partial charge in [0.15, 0.2) is 5.75 Å². The first-order valence-electron chi connectivity index (χ1n) is 5.80. The van der Waals surface area contributed by atoms with Crippen LogP contribution in [0, 0.1) is 6.92 Å². The largest absolute Gasteiger partial charge is 0.411 e. The number of rotatable bonds is 4. The Labute approximate surface area is 117 Å². The monoisotopic (exact) mass is 291 g/mol. The maximum atomic E-state index is 12.1. The number of nitrogens with zero attached hydrogens (tertiary/aromatic N) is 1. The van der Waals surface area contributed by atoms with Crippen LogP contribution < -0.4 is 4.18 Å². The number of hydrogen-bond acceptors (Lipinski definition) is 5. The van der Waals surface area contributed by atoms with Gasteiger partial charge in [0.1, 0.15) is 4.90 Å². The van der Waals surface area contributed by atoms with Crippen LogP contribution in [0.2, 0.25) is 0 Å². The lowest BCUT2D eigenvalue weighted by Gasteiger charge is -2.09. The summed E-state index contributed by atoms with van der Waals surface area (Å²) in [6, 6.07) is 12.7. The van der Waals surface area contributed by atoms with Gasteiger partial charge >= 0.3 is 10.1 Å². The van der Waals surface area contributed by atoms with Gasteiger partial charge in [-0.05, 0) is 31.2 Å². The second kappa shape index (κ2) is 5.75. The molecule has 0 aromatic heterocycles. The maximum Gasteiger partial charge on any atom is 0.339 e. The molecule has 0 fully saturated rings. The fourth-order valence-electron chi connectivity index (χ4n) is 1.60. The summed E-state index contributed by atoms with van der Waals surface area (Å²) in [5.74, 6) is 0.103. The molecule has 0 aliphatic carbocycles. The third-order valence-electron chi connectivity index (χ3n) is 2.62. The third-order valence-corrected chi connectivity index (χ3v) is 3.87. The van der Waals surface area contributed by atoms with Crippen LogP contribution in [0.4, 0.5) is 0 Å². The minimum atomic E-state index is -3.91. The zero-order valence-electron chi connectivity index (χ0n) is 10.7. The molecular formula is C14H13NO4S. The first-order valence-corrected chi connectivity index (χ1v) is 7.21. The van der Waals surface area contributed by atoms with E-state index in [1.807, 2.05) is 6.92 Å². The SMILES string of the molecule is Cc1ccc(S(=O)(=O)Oc2ccccc2C=NO)cc1. The highest BCUT2D eigenvalue weighted by Gasteiger charge is 2.17. The smallest absolute Gasteiger partial charge is 0.339 e. The molecule has 5 nitrogen and oxygen atoms in total. The molecule has 0 radical (unpaired) electrons. The quantitative estimate of drug-likeness (QED) is 0.406. The molecule has 0 heterocycles. The molecule has 2 aromatic rings. The van der Waals surface area contributed by atoms with E-state index in [1.165, 1.54) is 18.2 Å². The van der Waals surface area contributed by atoms with Crippen molar-refractivity contribution in [1.29, 1.82) is 0 Å². The van der Waals surface area contributed by atoms with E-state index in [1.54, 1.807) is 30.3 Å². The highest BCUT2D eigenvalue weighted by molar-refractivity contribution is 7.87. The summed E-state index contributed by atoms with van der Waals surface area (Å²) >= 11 is 0. The summed E-state index contributed by atoms with van der Waals surface area (Å²) in [5, 5.41) is 11.4. The topological polar surface area (TPSA) is 76.0 Å². The molecule has 2 aromatic carbocycles. The van der Waals surface area contributed by atoms with Crippen LogP contribution in [0.15, 0.2) is 58.6 Å². The van der Waals surface area contributed by atoms with Crippen LogP contribution in [0.3, 0.4) is 0 Å².